The molecule has 4 heterocycles. The Hall–Kier alpha value is -3.40. The molecule has 49 heavy (non-hydrogen) atoms. The van der Waals surface area contributed by atoms with Gasteiger partial charge in [-0.3, -0.25) is 19.4 Å². The van der Waals surface area contributed by atoms with Crippen LogP contribution in [-0.2, 0) is 22.6 Å². The lowest BCUT2D eigenvalue weighted by Gasteiger charge is -2.43. The van der Waals surface area contributed by atoms with Crippen LogP contribution in [0.2, 0.25) is 0 Å². The summed E-state index contributed by atoms with van der Waals surface area (Å²) in [5.74, 6) is -0.886. The van der Waals surface area contributed by atoms with Crippen molar-refractivity contribution in [3.8, 4) is 5.75 Å². The zero-order chi connectivity index (χ0) is 34.7. The number of benzene rings is 2. The average molecular weight is 806 g/mol. The van der Waals surface area contributed by atoms with Crippen molar-refractivity contribution in [2.24, 2.45) is 0 Å². The Morgan fingerprint density at radius 1 is 0.878 bits per heavy atom. The van der Waals surface area contributed by atoms with E-state index in [4.69, 9.17) is 5.11 Å². The van der Waals surface area contributed by atoms with Crippen molar-refractivity contribution in [1.82, 2.24) is 29.8 Å². The molecule has 6 rings (SSSR count). The number of phenolic OH excluding ortho intramolecular Hbond substituents is 1. The first-order chi connectivity index (χ1) is 23.5. The fraction of sp³-hybridized carbons (Fsp3) is 0.529. The molecule has 0 saturated carbocycles. The maximum Gasteiger partial charge on any atom is 0.322 e. The number of nitrogens with zero attached hydrogens (tertiary/aromatic N) is 5. The summed E-state index contributed by atoms with van der Waals surface area (Å²) in [6.07, 6.45) is 3.14. The highest BCUT2D eigenvalue weighted by Crippen LogP contribution is 2.34. The number of hydrogen-bond donors (Lipinski definition) is 4. The molecule has 0 aliphatic carbocycles. The number of nitrogens with one attached hydrogen (secondary N) is 2. The van der Waals surface area contributed by atoms with Crippen LogP contribution in [0.1, 0.15) is 36.8 Å². The quantitative estimate of drug-likeness (QED) is 0.316. The molecule has 15 heteroatoms. The number of carboxylic acids is 1. The topological polar surface area (TPSA) is 149 Å². The number of carbonyl (C=O) groups is 4. The van der Waals surface area contributed by atoms with Gasteiger partial charge < -0.3 is 35.5 Å². The smallest absolute Gasteiger partial charge is 0.322 e. The van der Waals surface area contributed by atoms with Crippen molar-refractivity contribution in [3.63, 3.8) is 0 Å². The van der Waals surface area contributed by atoms with Gasteiger partial charge in [0.25, 0.3) is 0 Å². The number of rotatable bonds is 8. The molecular formula is C34H43Br2N7O6. The minimum absolute atomic E-state index is 0.00275. The summed E-state index contributed by atoms with van der Waals surface area (Å²) in [5, 5.41) is 25.4. The summed E-state index contributed by atoms with van der Waals surface area (Å²) >= 11 is 6.77. The summed E-state index contributed by atoms with van der Waals surface area (Å²) in [6, 6.07) is 10.4. The fourth-order valence-electron chi connectivity index (χ4n) is 7.46. The summed E-state index contributed by atoms with van der Waals surface area (Å²) < 4.78 is 0.982. The molecule has 4 aliphatic rings. The van der Waals surface area contributed by atoms with E-state index in [2.05, 4.69) is 47.4 Å². The van der Waals surface area contributed by atoms with E-state index in [9.17, 15) is 24.3 Å². The molecule has 1 atom stereocenters. The highest BCUT2D eigenvalue weighted by atomic mass is 79.9. The number of hydrogen-bond acceptors (Lipinski definition) is 7. The number of likely N-dealkylation sites (tertiary alicyclic amines) is 2. The van der Waals surface area contributed by atoms with Crippen LogP contribution in [0.5, 0.6) is 5.75 Å². The van der Waals surface area contributed by atoms with Crippen molar-refractivity contribution in [2.45, 2.75) is 56.8 Å². The van der Waals surface area contributed by atoms with E-state index in [1.54, 1.807) is 17.0 Å². The number of phenols is 1. The molecule has 5 amide bonds. The second-order valence-corrected chi connectivity index (χ2v) is 15.0. The number of aliphatic carboxylic acids is 1. The Bertz CT molecular complexity index is 1530. The summed E-state index contributed by atoms with van der Waals surface area (Å²) in [5.41, 5.74) is 2.68. The van der Waals surface area contributed by atoms with Crippen LogP contribution >= 0.6 is 31.9 Å². The first kappa shape index (κ1) is 35.4. The molecule has 4 N–H and O–H groups in total. The number of halogens is 2. The number of amides is 5. The third-order valence-electron chi connectivity index (χ3n) is 10.2. The van der Waals surface area contributed by atoms with Crippen molar-refractivity contribution < 1.29 is 29.4 Å². The molecule has 0 radical (unpaired) electrons. The van der Waals surface area contributed by atoms with Crippen molar-refractivity contribution in [2.75, 3.05) is 64.2 Å². The maximum absolute atomic E-state index is 14.1. The molecule has 3 saturated heterocycles. The van der Waals surface area contributed by atoms with E-state index in [-0.39, 0.29) is 42.7 Å². The second-order valence-electron chi connectivity index (χ2n) is 13.3. The molecular weight excluding hydrogens is 762 g/mol. The zero-order valence-electron chi connectivity index (χ0n) is 27.3. The van der Waals surface area contributed by atoms with Gasteiger partial charge in [0.05, 0.1) is 15.5 Å². The molecule has 3 fully saturated rings. The Balaban J connectivity index is 1.07. The largest absolute Gasteiger partial charge is 0.506 e. The third kappa shape index (κ3) is 8.50. The van der Waals surface area contributed by atoms with E-state index < -0.39 is 12.0 Å². The Labute approximate surface area is 302 Å². The van der Waals surface area contributed by atoms with Gasteiger partial charge in [0, 0.05) is 83.1 Å². The van der Waals surface area contributed by atoms with Gasteiger partial charge in [-0.25, -0.2) is 9.59 Å². The van der Waals surface area contributed by atoms with Gasteiger partial charge in [-0.2, -0.15) is 0 Å². The maximum atomic E-state index is 14.1. The molecule has 2 aromatic rings. The van der Waals surface area contributed by atoms with Gasteiger partial charge in [0.15, 0.2) is 0 Å². The van der Waals surface area contributed by atoms with Gasteiger partial charge >= 0.3 is 18.0 Å². The van der Waals surface area contributed by atoms with Crippen LogP contribution in [0, 0.1) is 0 Å². The second kappa shape index (κ2) is 15.7. The molecule has 0 aromatic heterocycles. The first-order valence-electron chi connectivity index (χ1n) is 16.9. The number of aromatic hydroxyl groups is 1. The average Bonchev–Trinajstić information content (AvgIpc) is 3.10. The minimum atomic E-state index is -0.811. The van der Waals surface area contributed by atoms with Crippen LogP contribution in [0.25, 0.3) is 0 Å². The first-order valence-corrected chi connectivity index (χ1v) is 18.5. The van der Waals surface area contributed by atoms with Crippen molar-refractivity contribution in [3.05, 3.63) is 56.5 Å². The molecule has 13 nitrogen and oxygen atoms in total. The highest BCUT2D eigenvalue weighted by Gasteiger charge is 2.36. The predicted octanol–water partition coefficient (Wildman–Crippen LogP) is 3.74. The van der Waals surface area contributed by atoms with E-state index >= 15 is 0 Å². The normalized spacial score (nSPS) is 20.4. The van der Waals surface area contributed by atoms with Crippen LogP contribution in [-0.4, -0.2) is 136 Å². The van der Waals surface area contributed by atoms with Gasteiger partial charge in [-0.15, -0.1) is 0 Å². The molecule has 0 spiro atoms. The van der Waals surface area contributed by atoms with E-state index in [0.29, 0.717) is 73.6 Å². The van der Waals surface area contributed by atoms with Gasteiger partial charge in [0.2, 0.25) is 5.91 Å². The molecule has 4 aliphatic heterocycles. The van der Waals surface area contributed by atoms with Gasteiger partial charge in [0.1, 0.15) is 11.8 Å². The minimum Gasteiger partial charge on any atom is -0.506 e. The van der Waals surface area contributed by atoms with Crippen LogP contribution < -0.4 is 10.6 Å². The summed E-state index contributed by atoms with van der Waals surface area (Å²) in [4.78, 5) is 61.5. The fourth-order valence-corrected chi connectivity index (χ4v) is 8.74. The standard InChI is InChI=1S/C34H43Br2N7O6/c35-26-17-22(18-27(36)31(26)46)19-29(32(47)41-9-5-24(6-10-41)40-15-13-39(14-16-40)21-30(44)45)38-33(48)42-11-7-25(8-12-42)43-20-23-3-1-2-4-28(23)37-34(43)49/h1-4,17-18,24-25,29,46H,5-16,19-21H2,(H,37,49)(H,38,48)(H,44,45)/t29-/m1/s1. The monoisotopic (exact) mass is 803 g/mol. The van der Waals surface area contributed by atoms with Gasteiger partial charge in [-0.1, -0.05) is 18.2 Å². The lowest BCUT2D eigenvalue weighted by Crippen LogP contribution is -2.58. The number of carbonyl (C=O) groups excluding carboxylic acids is 3. The lowest BCUT2D eigenvalue weighted by atomic mass is 9.99. The van der Waals surface area contributed by atoms with Gasteiger partial charge in [-0.05, 0) is 86.9 Å². The molecule has 0 bridgehead atoms. The van der Waals surface area contributed by atoms with Crippen LogP contribution in [0.15, 0.2) is 45.3 Å². The Kier molecular flexibility index (Phi) is 11.3. The SMILES string of the molecule is O=C(O)CN1CCN(C2CCN(C(=O)[C@@H](Cc3cc(Br)c(O)c(Br)c3)NC(=O)N3CCC(N4Cc5ccccc5NC4=O)CC3)CC2)CC1. The number of carboxylic acid groups (broad SMARTS) is 1. The van der Waals surface area contributed by atoms with Crippen LogP contribution in [0.4, 0.5) is 15.3 Å². The number of piperidine rings is 2. The number of piperazine rings is 1. The highest BCUT2D eigenvalue weighted by molar-refractivity contribution is 9.11. The summed E-state index contributed by atoms with van der Waals surface area (Å²) in [6.45, 7) is 5.70. The number of para-hydroxylation sites is 1. The van der Waals surface area contributed by atoms with E-state index in [0.717, 1.165) is 42.7 Å². The number of fused-ring (bicyclic) bond motifs is 1. The Morgan fingerprint density at radius 2 is 1.49 bits per heavy atom. The van der Waals surface area contributed by atoms with E-state index in [1.807, 2.05) is 39.0 Å². The zero-order valence-corrected chi connectivity index (χ0v) is 30.5. The Morgan fingerprint density at radius 3 is 2.14 bits per heavy atom. The van der Waals surface area contributed by atoms with Crippen molar-refractivity contribution >= 4 is 61.5 Å². The van der Waals surface area contributed by atoms with E-state index in [1.165, 1.54) is 0 Å². The molecule has 0 unspecified atom stereocenters. The van der Waals surface area contributed by atoms with Crippen molar-refractivity contribution in [1.29, 1.82) is 0 Å². The molecule has 264 valence electrons. The lowest BCUT2D eigenvalue weighted by molar-refractivity contribution is -0.138. The number of anilines is 1. The van der Waals surface area contributed by atoms with Crippen LogP contribution in [0.3, 0.4) is 0 Å². The predicted molar refractivity (Wildman–Crippen MR) is 190 cm³/mol. The third-order valence-corrected chi connectivity index (χ3v) is 11.4. The molecule has 2 aromatic carbocycles. The number of urea groups is 2. The summed E-state index contributed by atoms with van der Waals surface area (Å²) in [7, 11) is 0.